The molecule has 1 saturated heterocycles. The van der Waals surface area contributed by atoms with E-state index in [1.807, 2.05) is 46.4 Å². The van der Waals surface area contributed by atoms with Gasteiger partial charge in [-0.1, -0.05) is 27.7 Å². The first-order valence-electron chi connectivity index (χ1n) is 8.75. The molecule has 0 spiro atoms. The predicted octanol–water partition coefficient (Wildman–Crippen LogP) is 2.81. The van der Waals surface area contributed by atoms with Crippen molar-refractivity contribution in [2.24, 2.45) is 11.5 Å². The Morgan fingerprint density at radius 2 is 1.88 bits per heavy atom. The maximum atomic E-state index is 11.6. The molecule has 148 valence electrons. The van der Waals surface area contributed by atoms with E-state index in [1.54, 1.807) is 13.2 Å². The Morgan fingerprint density at radius 3 is 2.36 bits per heavy atom. The topological polar surface area (TPSA) is 129 Å². The van der Waals surface area contributed by atoms with E-state index in [2.05, 4.69) is 4.98 Å². The standard InChI is InChI=1S/C14H22N4O2.2C2H6.H3N.H2/c1-8-6-10(13(16)19)14(17-9(8)2)18-5-4-11(15)12(7-18)20-3;2*1-2;;/h6,11-12H,4-5,7,15H2,1-3H3,(H2,16,19);2*1-2H3;1H3;1H. The molecule has 7 nitrogen and oxygen atoms in total. The second kappa shape index (κ2) is 12.6. The lowest BCUT2D eigenvalue weighted by molar-refractivity contribution is 0.0726. The largest absolute Gasteiger partial charge is 0.378 e. The van der Waals surface area contributed by atoms with Crippen LogP contribution in [0.5, 0.6) is 0 Å². The highest BCUT2D eigenvalue weighted by molar-refractivity contribution is 5.98. The smallest absolute Gasteiger partial charge is 0.252 e. The molecule has 7 N–H and O–H groups in total. The van der Waals surface area contributed by atoms with Crippen molar-refractivity contribution in [3.63, 3.8) is 0 Å². The summed E-state index contributed by atoms with van der Waals surface area (Å²) in [6.07, 6.45) is 0.735. The summed E-state index contributed by atoms with van der Waals surface area (Å²) in [4.78, 5) is 18.2. The van der Waals surface area contributed by atoms with Crippen molar-refractivity contribution < 1.29 is 11.0 Å². The lowest BCUT2D eigenvalue weighted by Crippen LogP contribution is -2.52. The highest BCUT2D eigenvalue weighted by atomic mass is 16.5. The molecule has 0 saturated carbocycles. The summed E-state index contributed by atoms with van der Waals surface area (Å²) in [5.41, 5.74) is 13.8. The van der Waals surface area contributed by atoms with Gasteiger partial charge in [0.05, 0.1) is 11.7 Å². The summed E-state index contributed by atoms with van der Waals surface area (Å²) in [5.74, 6) is 0.175. The van der Waals surface area contributed by atoms with Crippen molar-refractivity contribution in [1.82, 2.24) is 11.1 Å². The van der Waals surface area contributed by atoms with E-state index in [4.69, 9.17) is 16.2 Å². The third-order valence-electron chi connectivity index (χ3n) is 3.92. The molecule has 2 unspecified atom stereocenters. The Kier molecular flexibility index (Phi) is 12.9. The second-order valence-corrected chi connectivity index (χ2v) is 5.30. The number of hydrogen-bond acceptors (Lipinski definition) is 6. The average Bonchev–Trinajstić information content (AvgIpc) is 2.60. The Balaban J connectivity index is -0.000000824. The number of aryl methyl sites for hydroxylation is 2. The Hall–Kier alpha value is -1.70. The van der Waals surface area contributed by atoms with Crippen LogP contribution in [-0.2, 0) is 4.74 Å². The van der Waals surface area contributed by atoms with E-state index in [-0.39, 0.29) is 19.7 Å². The van der Waals surface area contributed by atoms with Crippen molar-refractivity contribution in [3.8, 4) is 0 Å². The molecule has 1 aliphatic rings. The van der Waals surface area contributed by atoms with E-state index in [0.717, 1.165) is 24.2 Å². The zero-order chi connectivity index (χ0) is 18.9. The van der Waals surface area contributed by atoms with E-state index in [9.17, 15) is 4.79 Å². The summed E-state index contributed by atoms with van der Waals surface area (Å²) >= 11 is 0. The number of methoxy groups -OCH3 is 1. The van der Waals surface area contributed by atoms with Crippen LogP contribution >= 0.6 is 0 Å². The van der Waals surface area contributed by atoms with Crippen LogP contribution in [0.2, 0.25) is 0 Å². The minimum Gasteiger partial charge on any atom is -0.378 e. The molecule has 1 amide bonds. The van der Waals surface area contributed by atoms with Gasteiger partial charge in [-0.2, -0.15) is 0 Å². The number of nitrogens with zero attached hydrogens (tertiary/aromatic N) is 2. The van der Waals surface area contributed by atoms with Gasteiger partial charge in [-0.3, -0.25) is 4.79 Å². The number of aromatic nitrogens is 1. The molecular weight excluding hydrogens is 318 g/mol. The number of piperidine rings is 1. The quantitative estimate of drug-likeness (QED) is 0.762. The SMILES string of the molecule is CC.CC.COC1CN(c2nc(C)c(C)cc2C(N)=O)CCC1N.N.[HH]. The number of nitrogens with two attached hydrogens (primary N) is 2. The normalized spacial score (nSPS) is 18.8. The van der Waals surface area contributed by atoms with Crippen molar-refractivity contribution in [3.05, 3.63) is 22.9 Å². The minimum atomic E-state index is -0.459. The van der Waals surface area contributed by atoms with Gasteiger partial charge in [-0.25, -0.2) is 4.98 Å². The van der Waals surface area contributed by atoms with Crippen LogP contribution < -0.4 is 22.5 Å². The van der Waals surface area contributed by atoms with Gasteiger partial charge in [-0.15, -0.1) is 0 Å². The lowest BCUT2D eigenvalue weighted by Gasteiger charge is -2.37. The van der Waals surface area contributed by atoms with Gasteiger partial charge in [0.1, 0.15) is 5.82 Å². The van der Waals surface area contributed by atoms with E-state index in [1.165, 1.54) is 0 Å². The number of pyridine rings is 1. The van der Waals surface area contributed by atoms with Crippen molar-refractivity contribution in [2.45, 2.75) is 60.1 Å². The number of rotatable bonds is 3. The maximum Gasteiger partial charge on any atom is 0.252 e. The molecular formula is C18H39N5O2. The first-order chi connectivity index (χ1) is 11.4. The maximum absolute atomic E-state index is 11.6. The molecule has 25 heavy (non-hydrogen) atoms. The van der Waals surface area contributed by atoms with Gasteiger partial charge >= 0.3 is 0 Å². The summed E-state index contributed by atoms with van der Waals surface area (Å²) in [6, 6.07) is 1.82. The number of carbonyl (C=O) groups excluding carboxylic acids is 1. The Labute approximate surface area is 154 Å². The van der Waals surface area contributed by atoms with Crippen molar-refractivity contribution >= 4 is 11.7 Å². The van der Waals surface area contributed by atoms with Gasteiger partial charge < -0.3 is 27.3 Å². The lowest BCUT2D eigenvalue weighted by atomic mass is 10.0. The zero-order valence-electron chi connectivity index (χ0n) is 16.9. The van der Waals surface area contributed by atoms with E-state index in [0.29, 0.717) is 17.9 Å². The molecule has 1 aromatic heterocycles. The van der Waals surface area contributed by atoms with Crippen LogP contribution in [0.15, 0.2) is 6.07 Å². The highest BCUT2D eigenvalue weighted by Crippen LogP contribution is 2.24. The summed E-state index contributed by atoms with van der Waals surface area (Å²) in [5, 5.41) is 0. The summed E-state index contributed by atoms with van der Waals surface area (Å²) in [6.45, 7) is 13.2. The molecule has 0 aromatic carbocycles. The molecule has 1 aromatic rings. The van der Waals surface area contributed by atoms with Gasteiger partial charge in [-0.05, 0) is 31.9 Å². The fourth-order valence-electron chi connectivity index (χ4n) is 2.49. The Morgan fingerprint density at radius 1 is 1.32 bits per heavy atom. The van der Waals surface area contributed by atoms with Crippen LogP contribution in [0.1, 0.15) is 57.2 Å². The summed E-state index contributed by atoms with van der Waals surface area (Å²) < 4.78 is 5.40. The van der Waals surface area contributed by atoms with Crippen molar-refractivity contribution in [1.29, 1.82) is 0 Å². The van der Waals surface area contributed by atoms with Gasteiger partial charge in [0.2, 0.25) is 0 Å². The zero-order valence-corrected chi connectivity index (χ0v) is 16.9. The molecule has 7 heteroatoms. The number of ether oxygens (including phenoxy) is 1. The number of carbonyl (C=O) groups is 1. The molecule has 0 radical (unpaired) electrons. The van der Waals surface area contributed by atoms with Gasteiger partial charge in [0.25, 0.3) is 5.91 Å². The monoisotopic (exact) mass is 357 g/mol. The fourth-order valence-corrected chi connectivity index (χ4v) is 2.49. The molecule has 2 atom stereocenters. The van der Waals surface area contributed by atoms with Crippen LogP contribution in [0.4, 0.5) is 5.82 Å². The van der Waals surface area contributed by atoms with Gasteiger partial charge in [0, 0.05) is 33.4 Å². The third kappa shape index (κ3) is 6.61. The molecule has 0 bridgehead atoms. The Bertz CT molecular complexity index is 529. The van der Waals surface area contributed by atoms with E-state index < -0.39 is 5.91 Å². The summed E-state index contributed by atoms with van der Waals surface area (Å²) in [7, 11) is 1.65. The molecule has 2 rings (SSSR count). The van der Waals surface area contributed by atoms with Crippen LogP contribution in [0, 0.1) is 13.8 Å². The highest BCUT2D eigenvalue weighted by Gasteiger charge is 2.29. The van der Waals surface area contributed by atoms with E-state index >= 15 is 0 Å². The number of hydrogen-bond donors (Lipinski definition) is 3. The van der Waals surface area contributed by atoms with Crippen LogP contribution in [0.3, 0.4) is 0 Å². The number of amides is 1. The predicted molar refractivity (Wildman–Crippen MR) is 108 cm³/mol. The van der Waals surface area contributed by atoms with Crippen LogP contribution in [0.25, 0.3) is 0 Å². The van der Waals surface area contributed by atoms with Crippen molar-refractivity contribution in [2.75, 3.05) is 25.1 Å². The van der Waals surface area contributed by atoms with Crippen LogP contribution in [-0.4, -0.2) is 43.2 Å². The minimum absolute atomic E-state index is 0. The number of anilines is 1. The van der Waals surface area contributed by atoms with Gasteiger partial charge in [0.15, 0.2) is 0 Å². The molecule has 2 heterocycles. The second-order valence-electron chi connectivity index (χ2n) is 5.30. The average molecular weight is 358 g/mol. The molecule has 0 aliphatic carbocycles. The first kappa shape index (κ1) is 25.5. The molecule has 1 aliphatic heterocycles. The first-order valence-corrected chi connectivity index (χ1v) is 8.75. The number of primary amides is 1. The third-order valence-corrected chi connectivity index (χ3v) is 3.92. The fraction of sp³-hybridized carbons (Fsp3) is 0.667. The molecule has 1 fully saturated rings.